The van der Waals surface area contributed by atoms with Gasteiger partial charge >= 0.3 is 5.97 Å². The smallest absolute Gasteiger partial charge is 0.326 e. The van der Waals surface area contributed by atoms with E-state index in [0.717, 1.165) is 38.5 Å². The number of carboxylic acids is 1. The van der Waals surface area contributed by atoms with E-state index >= 15 is 0 Å². The first kappa shape index (κ1) is 12.9. The van der Waals surface area contributed by atoms with E-state index < -0.39 is 12.0 Å². The molecular formula is C15H23NO3. The fourth-order valence-electron chi connectivity index (χ4n) is 4.57. The molecule has 0 aromatic carbocycles. The summed E-state index contributed by atoms with van der Waals surface area (Å²) in [6.45, 7) is 2.81. The van der Waals surface area contributed by atoms with Crippen LogP contribution >= 0.6 is 0 Å². The van der Waals surface area contributed by atoms with Crippen molar-refractivity contribution in [2.75, 3.05) is 6.54 Å². The summed E-state index contributed by atoms with van der Waals surface area (Å²) in [5, 5.41) is 9.49. The Hall–Kier alpha value is -1.06. The van der Waals surface area contributed by atoms with Gasteiger partial charge in [0.1, 0.15) is 6.04 Å². The van der Waals surface area contributed by atoms with Crippen LogP contribution in [-0.2, 0) is 9.59 Å². The largest absolute Gasteiger partial charge is 0.480 e. The highest BCUT2D eigenvalue weighted by Crippen LogP contribution is 2.44. The number of hydrogen-bond acceptors (Lipinski definition) is 2. The Morgan fingerprint density at radius 2 is 1.84 bits per heavy atom. The van der Waals surface area contributed by atoms with Crippen LogP contribution in [0.15, 0.2) is 0 Å². The van der Waals surface area contributed by atoms with Gasteiger partial charge in [-0.2, -0.15) is 0 Å². The summed E-state index contributed by atoms with van der Waals surface area (Å²) >= 11 is 0. The van der Waals surface area contributed by atoms with Gasteiger partial charge in [0, 0.05) is 12.5 Å². The summed E-state index contributed by atoms with van der Waals surface area (Å²) in [6.07, 6.45) is 6.36. The predicted molar refractivity (Wildman–Crippen MR) is 70.5 cm³/mol. The number of likely N-dealkylation sites (tertiary alicyclic amines) is 1. The van der Waals surface area contributed by atoms with Crippen LogP contribution in [0.3, 0.4) is 0 Å². The first-order chi connectivity index (χ1) is 9.09. The van der Waals surface area contributed by atoms with Crippen molar-refractivity contribution in [1.29, 1.82) is 0 Å². The number of aliphatic carboxylic acids is 1. The SMILES string of the molecule is CC1CCCC1C(=O)N1CC2CCCC2C1C(=O)O. The van der Waals surface area contributed by atoms with E-state index in [9.17, 15) is 14.7 Å². The number of fused-ring (bicyclic) bond motifs is 1. The summed E-state index contributed by atoms with van der Waals surface area (Å²) in [5.74, 6) is 0.447. The fraction of sp³-hybridized carbons (Fsp3) is 0.867. The molecule has 19 heavy (non-hydrogen) atoms. The molecule has 3 aliphatic rings. The molecule has 0 radical (unpaired) electrons. The number of amides is 1. The molecular weight excluding hydrogens is 242 g/mol. The third kappa shape index (κ3) is 2.05. The second kappa shape index (κ2) is 4.80. The molecule has 4 nitrogen and oxygen atoms in total. The second-order valence-electron chi connectivity index (χ2n) is 6.64. The highest BCUT2D eigenvalue weighted by Gasteiger charge is 2.51. The van der Waals surface area contributed by atoms with Crippen molar-refractivity contribution in [3.8, 4) is 0 Å². The summed E-state index contributed by atoms with van der Waals surface area (Å²) < 4.78 is 0. The molecule has 5 atom stereocenters. The highest BCUT2D eigenvalue weighted by atomic mass is 16.4. The lowest BCUT2D eigenvalue weighted by Gasteiger charge is -2.28. The van der Waals surface area contributed by atoms with Gasteiger partial charge in [-0.1, -0.05) is 19.8 Å². The van der Waals surface area contributed by atoms with Gasteiger partial charge in [-0.05, 0) is 43.4 Å². The van der Waals surface area contributed by atoms with E-state index in [-0.39, 0.29) is 17.7 Å². The molecule has 0 spiro atoms. The number of rotatable bonds is 2. The van der Waals surface area contributed by atoms with E-state index in [4.69, 9.17) is 0 Å². The third-order valence-electron chi connectivity index (χ3n) is 5.61. The normalized spacial score (nSPS) is 41.5. The lowest BCUT2D eigenvalue weighted by molar-refractivity contribution is -0.151. The second-order valence-corrected chi connectivity index (χ2v) is 6.64. The van der Waals surface area contributed by atoms with Crippen LogP contribution in [0, 0.1) is 23.7 Å². The molecule has 1 N–H and O–H groups in total. The van der Waals surface area contributed by atoms with Crippen molar-refractivity contribution in [1.82, 2.24) is 4.90 Å². The maximum atomic E-state index is 12.7. The van der Waals surface area contributed by atoms with Crippen LogP contribution in [0.5, 0.6) is 0 Å². The van der Waals surface area contributed by atoms with E-state index in [0.29, 0.717) is 18.4 Å². The number of hydrogen-bond donors (Lipinski definition) is 1. The number of carboxylic acid groups (broad SMARTS) is 1. The first-order valence-corrected chi connectivity index (χ1v) is 7.63. The van der Waals surface area contributed by atoms with Crippen molar-refractivity contribution in [3.05, 3.63) is 0 Å². The quantitative estimate of drug-likeness (QED) is 0.832. The maximum Gasteiger partial charge on any atom is 0.326 e. The Morgan fingerprint density at radius 1 is 1.11 bits per heavy atom. The minimum absolute atomic E-state index is 0.0701. The van der Waals surface area contributed by atoms with Gasteiger partial charge in [-0.25, -0.2) is 4.79 Å². The Balaban J connectivity index is 1.79. The summed E-state index contributed by atoms with van der Waals surface area (Å²) in [4.78, 5) is 25.9. The van der Waals surface area contributed by atoms with Gasteiger partial charge < -0.3 is 10.0 Å². The standard InChI is InChI=1S/C15H23NO3/c1-9-4-2-6-11(9)14(17)16-8-10-5-3-7-12(10)13(16)15(18)19/h9-13H,2-8H2,1H3,(H,18,19). The van der Waals surface area contributed by atoms with Crippen LogP contribution in [0.25, 0.3) is 0 Å². The zero-order valence-corrected chi connectivity index (χ0v) is 11.5. The van der Waals surface area contributed by atoms with Crippen LogP contribution in [-0.4, -0.2) is 34.5 Å². The van der Waals surface area contributed by atoms with Crippen molar-refractivity contribution < 1.29 is 14.7 Å². The molecule has 0 bridgehead atoms. The molecule has 106 valence electrons. The van der Waals surface area contributed by atoms with Crippen molar-refractivity contribution in [2.45, 2.75) is 51.5 Å². The molecule has 3 rings (SSSR count). The van der Waals surface area contributed by atoms with Gasteiger partial charge in [0.25, 0.3) is 0 Å². The van der Waals surface area contributed by atoms with Gasteiger partial charge in [-0.3, -0.25) is 4.79 Å². The summed E-state index contributed by atoms with van der Waals surface area (Å²) in [6, 6.07) is -0.548. The molecule has 0 aromatic rings. The molecule has 1 heterocycles. The molecule has 0 aromatic heterocycles. The van der Waals surface area contributed by atoms with E-state index in [1.165, 1.54) is 0 Å². The zero-order chi connectivity index (χ0) is 13.6. The van der Waals surface area contributed by atoms with Crippen LogP contribution in [0.1, 0.15) is 45.4 Å². The Labute approximate surface area is 114 Å². The molecule has 1 aliphatic heterocycles. The predicted octanol–water partition coefficient (Wildman–Crippen LogP) is 2.13. The average Bonchev–Trinajstić information content (AvgIpc) is 3.00. The van der Waals surface area contributed by atoms with Crippen molar-refractivity contribution >= 4 is 11.9 Å². The number of carbonyl (C=O) groups is 2. The van der Waals surface area contributed by atoms with Gasteiger partial charge in [-0.15, -0.1) is 0 Å². The Morgan fingerprint density at radius 3 is 2.47 bits per heavy atom. The zero-order valence-electron chi connectivity index (χ0n) is 11.5. The van der Waals surface area contributed by atoms with Crippen LogP contribution < -0.4 is 0 Å². The minimum Gasteiger partial charge on any atom is -0.480 e. The minimum atomic E-state index is -0.798. The van der Waals surface area contributed by atoms with Gasteiger partial charge in [0.05, 0.1) is 0 Å². The maximum absolute atomic E-state index is 12.7. The lowest BCUT2D eigenvalue weighted by Crippen LogP contribution is -2.46. The van der Waals surface area contributed by atoms with Gasteiger partial charge in [0.2, 0.25) is 5.91 Å². The number of nitrogens with zero attached hydrogens (tertiary/aromatic N) is 1. The molecule has 3 fully saturated rings. The van der Waals surface area contributed by atoms with Crippen LogP contribution in [0.2, 0.25) is 0 Å². The number of carbonyl (C=O) groups excluding carboxylic acids is 1. The van der Waals surface area contributed by atoms with Crippen molar-refractivity contribution in [3.63, 3.8) is 0 Å². The third-order valence-corrected chi connectivity index (χ3v) is 5.61. The Kier molecular flexibility index (Phi) is 3.27. The topological polar surface area (TPSA) is 57.6 Å². The average molecular weight is 265 g/mol. The van der Waals surface area contributed by atoms with Gasteiger partial charge in [0.15, 0.2) is 0 Å². The lowest BCUT2D eigenvalue weighted by atomic mass is 9.93. The van der Waals surface area contributed by atoms with Crippen LogP contribution in [0.4, 0.5) is 0 Å². The molecule has 2 aliphatic carbocycles. The monoisotopic (exact) mass is 265 g/mol. The van der Waals surface area contributed by atoms with E-state index in [1.807, 2.05) is 0 Å². The molecule has 2 saturated carbocycles. The Bertz CT molecular complexity index is 395. The molecule has 4 heteroatoms. The van der Waals surface area contributed by atoms with Crippen molar-refractivity contribution in [2.24, 2.45) is 23.7 Å². The first-order valence-electron chi connectivity index (χ1n) is 7.63. The summed E-state index contributed by atoms with van der Waals surface area (Å²) in [7, 11) is 0. The molecule has 5 unspecified atom stereocenters. The van der Waals surface area contributed by atoms with E-state index in [1.54, 1.807) is 4.90 Å². The molecule has 1 saturated heterocycles. The summed E-state index contributed by atoms with van der Waals surface area (Å²) in [5.41, 5.74) is 0. The molecule has 1 amide bonds. The highest BCUT2D eigenvalue weighted by molar-refractivity contribution is 5.86. The van der Waals surface area contributed by atoms with E-state index in [2.05, 4.69) is 6.92 Å². The fourth-order valence-corrected chi connectivity index (χ4v) is 4.57.